The fraction of sp³-hybridized carbons (Fsp3) is 0.769. The average molecular weight is 883 g/mol. The molecule has 0 aliphatic carbocycles. The lowest BCUT2D eigenvalue weighted by molar-refractivity contribution is -0.142. The zero-order chi connectivity index (χ0) is 44.5. The fourth-order valence-corrected chi connectivity index (χ4v) is 19.1. The molecule has 0 saturated carbocycles. The van der Waals surface area contributed by atoms with E-state index in [2.05, 4.69) is 78.7 Å². The summed E-state index contributed by atoms with van der Waals surface area (Å²) in [5.74, 6) is -1.38. The third-order valence-electron chi connectivity index (χ3n) is 6.86. The third kappa shape index (κ3) is 35.8. The molecule has 0 heterocycles. The molecule has 334 valence electrons. The fourth-order valence-electron chi connectivity index (χ4n) is 4.63. The Bertz CT molecular complexity index is 1130. The smallest absolute Gasteiger partial charge is 0.462 e. The number of carbonyl (C=O) groups excluding carboxylic acids is 3. The lowest BCUT2D eigenvalue weighted by atomic mass is 10.1. The topological polar surface area (TPSA) is 186 Å². The maximum atomic E-state index is 11.4. The SMILES string of the molecule is C=C(C)C(=O)OCC(O)CCCCOCCCCC(O)COC(=O)C(=C)C.C=C(C)C(=O)OCCCOCC(O)C[Si](O[Si](C)(C)C)(O[Si](C)(C)C)O[Si](C)(C)C. The largest absolute Gasteiger partial charge is 0.472 e. The van der Waals surface area contributed by atoms with Crippen molar-refractivity contribution >= 4 is 51.7 Å². The molecule has 0 radical (unpaired) electrons. The Balaban J connectivity index is 0. The van der Waals surface area contributed by atoms with E-state index in [0.29, 0.717) is 61.8 Å². The van der Waals surface area contributed by atoms with Gasteiger partial charge in [-0.3, -0.25) is 0 Å². The number of hydrogen-bond acceptors (Lipinski definition) is 14. The quantitative estimate of drug-likeness (QED) is 0.0220. The molecule has 3 atom stereocenters. The van der Waals surface area contributed by atoms with Crippen molar-refractivity contribution in [1.29, 1.82) is 0 Å². The zero-order valence-corrected chi connectivity index (χ0v) is 41.3. The monoisotopic (exact) mass is 882 g/mol. The standard InChI is InChI=1S/C20H34O7.C19H44O7Si4/c1-15(2)19(23)26-13-17(21)9-5-7-11-25-12-8-6-10-18(22)14-27-20(24)16(3)4;1-17(2)19(21)23-14-12-13-22-15-18(20)16-30(24-27(3,4)5,25-28(6,7)8)26-29(9,10)11/h17-18,21-22H,1,3,5-14H2,2,4H3;18,20H,1,12-16H2,2-11H3. The van der Waals surface area contributed by atoms with Gasteiger partial charge in [-0.15, -0.1) is 0 Å². The van der Waals surface area contributed by atoms with E-state index in [-0.39, 0.29) is 26.4 Å². The summed E-state index contributed by atoms with van der Waals surface area (Å²) in [4.78, 5) is 33.7. The van der Waals surface area contributed by atoms with Crippen LogP contribution in [-0.2, 0) is 50.4 Å². The van der Waals surface area contributed by atoms with Gasteiger partial charge in [0.25, 0.3) is 0 Å². The lowest BCUT2D eigenvalue weighted by Crippen LogP contribution is -2.61. The summed E-state index contributed by atoms with van der Waals surface area (Å²) in [6.45, 7) is 36.2. The van der Waals surface area contributed by atoms with E-state index in [1.807, 2.05) is 0 Å². The van der Waals surface area contributed by atoms with Gasteiger partial charge in [-0.1, -0.05) is 19.7 Å². The number of aliphatic hydroxyl groups excluding tert-OH is 3. The minimum atomic E-state index is -3.09. The van der Waals surface area contributed by atoms with Crippen LogP contribution in [0.5, 0.6) is 0 Å². The molecule has 18 heteroatoms. The maximum Gasteiger partial charge on any atom is 0.472 e. The first-order chi connectivity index (χ1) is 26.1. The normalized spacial score (nSPS) is 13.7. The van der Waals surface area contributed by atoms with Crippen LogP contribution in [0.1, 0.15) is 65.7 Å². The van der Waals surface area contributed by atoms with Crippen LogP contribution >= 0.6 is 0 Å². The van der Waals surface area contributed by atoms with Gasteiger partial charge in [0, 0.05) is 49.0 Å². The van der Waals surface area contributed by atoms with Gasteiger partial charge >= 0.3 is 26.7 Å². The highest BCUT2D eigenvalue weighted by Gasteiger charge is 2.51. The van der Waals surface area contributed by atoms with Crippen LogP contribution < -0.4 is 0 Å². The minimum Gasteiger partial charge on any atom is -0.462 e. The van der Waals surface area contributed by atoms with Gasteiger partial charge in [0.15, 0.2) is 25.0 Å². The Labute approximate surface area is 348 Å². The van der Waals surface area contributed by atoms with Crippen molar-refractivity contribution in [3.63, 3.8) is 0 Å². The van der Waals surface area contributed by atoms with Crippen LogP contribution in [0, 0.1) is 0 Å². The molecule has 0 aromatic carbocycles. The molecule has 0 aromatic heterocycles. The van der Waals surface area contributed by atoms with Gasteiger partial charge in [0.05, 0.1) is 31.5 Å². The summed E-state index contributed by atoms with van der Waals surface area (Å²) in [6, 6.07) is 0.316. The van der Waals surface area contributed by atoms with E-state index in [9.17, 15) is 29.7 Å². The number of unbranched alkanes of at least 4 members (excludes halogenated alkanes) is 2. The summed E-state index contributed by atoms with van der Waals surface area (Å²) in [5, 5.41) is 30.1. The second-order valence-electron chi connectivity index (χ2n) is 17.2. The maximum absolute atomic E-state index is 11.4. The number of hydrogen-bond donors (Lipinski definition) is 3. The number of carbonyl (C=O) groups is 3. The van der Waals surface area contributed by atoms with E-state index in [4.69, 9.17) is 36.0 Å². The van der Waals surface area contributed by atoms with Crippen LogP contribution in [-0.4, -0.2) is 132 Å². The Hall–Kier alpha value is -1.82. The predicted molar refractivity (Wildman–Crippen MR) is 233 cm³/mol. The highest BCUT2D eigenvalue weighted by atomic mass is 28.5. The summed E-state index contributed by atoms with van der Waals surface area (Å²) in [5.41, 5.74) is 1.01. The van der Waals surface area contributed by atoms with Crippen LogP contribution in [0.15, 0.2) is 36.5 Å². The second-order valence-corrected chi connectivity index (χ2v) is 34.1. The first kappa shape index (κ1) is 57.3. The highest BCUT2D eigenvalue weighted by Crippen LogP contribution is 2.30. The number of aliphatic hydroxyl groups is 3. The lowest BCUT2D eigenvalue weighted by Gasteiger charge is -2.43. The Kier molecular flexibility index (Phi) is 29.5. The molecule has 0 aromatic rings. The molecule has 0 fully saturated rings. The van der Waals surface area contributed by atoms with E-state index < -0.39 is 70.0 Å². The number of rotatable bonds is 31. The van der Waals surface area contributed by atoms with Gasteiger partial charge in [-0.25, -0.2) is 14.4 Å². The minimum absolute atomic E-state index is 0.0173. The van der Waals surface area contributed by atoms with Crippen molar-refractivity contribution in [1.82, 2.24) is 0 Å². The van der Waals surface area contributed by atoms with E-state index >= 15 is 0 Å². The van der Waals surface area contributed by atoms with Gasteiger partial charge in [0.1, 0.15) is 13.2 Å². The van der Waals surface area contributed by atoms with Crippen molar-refractivity contribution in [3.05, 3.63) is 36.5 Å². The summed E-state index contributed by atoms with van der Waals surface area (Å²) in [7, 11) is -9.03. The number of ether oxygens (including phenoxy) is 5. The van der Waals surface area contributed by atoms with Crippen molar-refractivity contribution in [3.8, 4) is 0 Å². The zero-order valence-electron chi connectivity index (χ0n) is 37.3. The van der Waals surface area contributed by atoms with Crippen molar-refractivity contribution in [2.24, 2.45) is 0 Å². The summed E-state index contributed by atoms with van der Waals surface area (Å²) < 4.78 is 45.6. The molecule has 0 aliphatic rings. The Morgan fingerprint density at radius 2 is 0.825 bits per heavy atom. The molecule has 14 nitrogen and oxygen atoms in total. The first-order valence-corrected chi connectivity index (χ1v) is 32.0. The molecule has 3 unspecified atom stereocenters. The number of esters is 3. The Morgan fingerprint density at radius 3 is 1.18 bits per heavy atom. The Morgan fingerprint density at radius 1 is 0.474 bits per heavy atom. The molecule has 0 amide bonds. The second kappa shape index (κ2) is 29.4. The molecule has 0 aliphatic heterocycles. The molecular weight excluding hydrogens is 805 g/mol. The summed E-state index contributed by atoms with van der Waals surface area (Å²) >= 11 is 0. The van der Waals surface area contributed by atoms with E-state index in [1.54, 1.807) is 20.8 Å². The first-order valence-electron chi connectivity index (χ1n) is 19.9. The molecule has 0 bridgehead atoms. The van der Waals surface area contributed by atoms with Gasteiger partial charge in [0.2, 0.25) is 0 Å². The molecule has 0 saturated heterocycles. The van der Waals surface area contributed by atoms with Crippen molar-refractivity contribution in [2.45, 2.75) is 149 Å². The molecule has 57 heavy (non-hydrogen) atoms. The van der Waals surface area contributed by atoms with Gasteiger partial charge in [-0.05, 0) is 118 Å². The van der Waals surface area contributed by atoms with Crippen LogP contribution in [0.25, 0.3) is 0 Å². The molecule has 0 rings (SSSR count). The highest BCUT2D eigenvalue weighted by molar-refractivity contribution is 6.90. The van der Waals surface area contributed by atoms with E-state index in [0.717, 1.165) is 25.7 Å². The van der Waals surface area contributed by atoms with Crippen LogP contribution in [0.4, 0.5) is 0 Å². The molecular formula is C39H78O14Si4. The molecule has 0 spiro atoms. The third-order valence-corrected chi connectivity index (χ3v) is 18.9. The van der Waals surface area contributed by atoms with Crippen molar-refractivity contribution in [2.75, 3.05) is 46.2 Å². The van der Waals surface area contributed by atoms with Gasteiger partial charge in [-0.2, -0.15) is 0 Å². The average Bonchev–Trinajstić information content (AvgIpc) is 3.04. The van der Waals surface area contributed by atoms with Crippen LogP contribution in [0.3, 0.4) is 0 Å². The van der Waals surface area contributed by atoms with Crippen LogP contribution in [0.2, 0.25) is 65.0 Å². The summed E-state index contributed by atoms with van der Waals surface area (Å²) in [6.07, 6.45) is 2.72. The molecule has 3 N–H and O–H groups in total. The predicted octanol–water partition coefficient (Wildman–Crippen LogP) is 6.67. The van der Waals surface area contributed by atoms with Crippen molar-refractivity contribution < 1.29 is 65.7 Å². The van der Waals surface area contributed by atoms with E-state index in [1.165, 1.54) is 0 Å². The van der Waals surface area contributed by atoms with Gasteiger partial charge < -0.3 is 51.3 Å².